The fraction of sp³-hybridized carbons (Fsp3) is 0. The molecule has 0 aliphatic heterocycles. The number of hydrogen-bond donors (Lipinski definition) is 0. The van der Waals surface area contributed by atoms with Crippen molar-refractivity contribution in [3.63, 3.8) is 0 Å². The summed E-state index contributed by atoms with van der Waals surface area (Å²) in [4.78, 5) is 0. The van der Waals surface area contributed by atoms with Crippen LogP contribution in [0.25, 0.3) is 0 Å². The first kappa shape index (κ1) is 55.8. The van der Waals surface area contributed by atoms with Gasteiger partial charge in [-0.3, -0.25) is 0 Å². The summed E-state index contributed by atoms with van der Waals surface area (Å²) in [6.45, 7) is 0. The molecule has 0 saturated heterocycles. The minimum absolute atomic E-state index is 0. The van der Waals surface area contributed by atoms with Crippen LogP contribution in [0.3, 0.4) is 0 Å². The van der Waals surface area contributed by atoms with Gasteiger partial charge in [-0.2, -0.15) is 0 Å². The fourth-order valence-electron chi connectivity index (χ4n) is 0. The van der Waals surface area contributed by atoms with Crippen LogP contribution in [0.4, 0.5) is 0 Å². The van der Waals surface area contributed by atoms with Gasteiger partial charge in [-0.1, -0.05) is 0 Å². The van der Waals surface area contributed by atoms with E-state index in [1.165, 1.54) is 0 Å². The molecule has 0 atom stereocenters. The molecular formula is KO3Ta. The van der Waals surface area contributed by atoms with Crippen LogP contribution in [0.5, 0.6) is 0 Å². The number of hydrogen-bond acceptors (Lipinski definition) is 0. The summed E-state index contributed by atoms with van der Waals surface area (Å²) in [7, 11) is 0. The van der Waals surface area contributed by atoms with Crippen molar-refractivity contribution in [1.82, 2.24) is 0 Å². The van der Waals surface area contributed by atoms with E-state index in [0.29, 0.717) is 0 Å². The van der Waals surface area contributed by atoms with Crippen LogP contribution in [0.1, 0.15) is 0 Å². The quantitative estimate of drug-likeness (QED) is 0.411. The second kappa shape index (κ2) is 33.9. The smallest absolute Gasteiger partial charge is 2.00 e. The molecule has 0 amide bonds. The van der Waals surface area contributed by atoms with Crippen molar-refractivity contribution in [2.75, 3.05) is 0 Å². The molecule has 0 aromatic rings. The van der Waals surface area contributed by atoms with Gasteiger partial charge in [0.05, 0.1) is 0 Å². The van der Waals surface area contributed by atoms with E-state index in [2.05, 4.69) is 0 Å². The molecule has 0 unspecified atom stereocenters. The third-order valence-electron chi connectivity index (χ3n) is 0. The van der Waals surface area contributed by atoms with Crippen LogP contribution in [0.15, 0.2) is 0 Å². The Bertz CT molecular complexity index is 6.85. The van der Waals surface area contributed by atoms with Crippen LogP contribution in [-0.2, 0) is 38.8 Å². The van der Waals surface area contributed by atoms with Gasteiger partial charge >= 0.3 is 73.8 Å². The average molecular weight is 268 g/mol. The molecule has 5 heteroatoms. The first-order valence-electron chi connectivity index (χ1n) is 0. The maximum absolute atomic E-state index is 0. The van der Waals surface area contributed by atoms with E-state index in [0.717, 1.165) is 0 Å². The van der Waals surface area contributed by atoms with Crippen molar-refractivity contribution in [2.45, 2.75) is 0 Å². The standard InChI is InChI=1S/K.3O.Ta/q+1;3*-2;+5. The molecule has 0 aliphatic carbocycles. The van der Waals surface area contributed by atoms with Crippen molar-refractivity contribution in [3.8, 4) is 0 Å². The first-order chi connectivity index (χ1) is 0. The van der Waals surface area contributed by atoms with Crippen molar-refractivity contribution < 1.29 is 90.2 Å². The Morgan fingerprint density at radius 3 is 0.600 bits per heavy atom. The molecule has 0 rings (SSSR count). The largest absolute Gasteiger partial charge is 5.00 e. The Balaban J connectivity index is 0. The Hall–Kier alpha value is 2.26. The minimum Gasteiger partial charge on any atom is -2.00 e. The molecule has 0 radical (unpaired) electrons. The van der Waals surface area contributed by atoms with Gasteiger partial charge in [0.25, 0.3) is 0 Å². The zero-order valence-corrected chi connectivity index (χ0v) is 9.01. The zero-order chi connectivity index (χ0) is 0. The van der Waals surface area contributed by atoms with Gasteiger partial charge in [0.15, 0.2) is 0 Å². The van der Waals surface area contributed by atoms with Crippen LogP contribution >= 0.6 is 0 Å². The summed E-state index contributed by atoms with van der Waals surface area (Å²) in [6, 6.07) is 0. The van der Waals surface area contributed by atoms with E-state index in [1.807, 2.05) is 0 Å². The Morgan fingerprint density at radius 2 is 0.600 bits per heavy atom. The molecular weight excluding hydrogens is 268 g/mol. The minimum atomic E-state index is 0. The molecule has 0 aromatic heterocycles. The van der Waals surface area contributed by atoms with Crippen LogP contribution in [0, 0.1) is 0 Å². The van der Waals surface area contributed by atoms with Gasteiger partial charge in [0.2, 0.25) is 0 Å². The molecule has 0 bridgehead atoms. The van der Waals surface area contributed by atoms with Crippen LogP contribution in [0.2, 0.25) is 0 Å². The molecule has 0 aliphatic rings. The van der Waals surface area contributed by atoms with Gasteiger partial charge < -0.3 is 16.4 Å². The predicted molar refractivity (Wildman–Crippen MR) is 2.06 cm³/mol. The summed E-state index contributed by atoms with van der Waals surface area (Å²) < 4.78 is 0. The average Bonchev–Trinajstić information content (AvgIpc) is 0. The van der Waals surface area contributed by atoms with E-state index in [4.69, 9.17) is 0 Å². The Morgan fingerprint density at radius 1 is 0.600 bits per heavy atom. The summed E-state index contributed by atoms with van der Waals surface area (Å²) >= 11 is 0. The molecule has 0 aromatic carbocycles. The summed E-state index contributed by atoms with van der Waals surface area (Å²) in [5.74, 6) is 0. The third kappa shape index (κ3) is 22.3. The van der Waals surface area contributed by atoms with Crippen molar-refractivity contribution in [3.05, 3.63) is 0 Å². The van der Waals surface area contributed by atoms with Crippen molar-refractivity contribution >= 4 is 0 Å². The fourth-order valence-corrected chi connectivity index (χ4v) is 0. The molecule has 0 saturated carbocycles. The Labute approximate surface area is 88.4 Å². The molecule has 0 spiro atoms. The second-order valence-corrected chi connectivity index (χ2v) is 0. The molecule has 0 N–H and O–H groups in total. The van der Waals surface area contributed by atoms with Gasteiger partial charge in [0, 0.05) is 0 Å². The van der Waals surface area contributed by atoms with E-state index in [9.17, 15) is 0 Å². The van der Waals surface area contributed by atoms with Gasteiger partial charge in [-0.05, 0) is 0 Å². The normalized spacial score (nSPS) is 0. The molecule has 0 fully saturated rings. The Kier molecular flexibility index (Phi) is 379. The van der Waals surface area contributed by atoms with Gasteiger partial charge in [-0.25, -0.2) is 0 Å². The molecule has 3 nitrogen and oxygen atoms in total. The molecule has 5 heavy (non-hydrogen) atoms. The summed E-state index contributed by atoms with van der Waals surface area (Å²) in [5.41, 5.74) is 0. The van der Waals surface area contributed by atoms with Gasteiger partial charge in [0.1, 0.15) is 0 Å². The van der Waals surface area contributed by atoms with E-state index < -0.39 is 0 Å². The van der Waals surface area contributed by atoms with E-state index >= 15 is 0 Å². The SMILES string of the molecule is [K+].[O-2].[O-2].[O-2].[Ta+5]. The number of rotatable bonds is 0. The van der Waals surface area contributed by atoms with Gasteiger partial charge in [-0.15, -0.1) is 0 Å². The second-order valence-electron chi connectivity index (χ2n) is 0. The summed E-state index contributed by atoms with van der Waals surface area (Å²) in [6.07, 6.45) is 0. The van der Waals surface area contributed by atoms with Crippen molar-refractivity contribution in [2.24, 2.45) is 0 Å². The summed E-state index contributed by atoms with van der Waals surface area (Å²) in [5, 5.41) is 0. The van der Waals surface area contributed by atoms with Crippen molar-refractivity contribution in [1.29, 1.82) is 0 Å². The maximum atomic E-state index is 0. The molecule has 0 heterocycles. The zero-order valence-electron chi connectivity index (χ0n) is 2.67. The van der Waals surface area contributed by atoms with Crippen LogP contribution < -0.4 is 51.4 Å². The molecule has 24 valence electrons. The topological polar surface area (TPSA) is 85.5 Å². The third-order valence-corrected chi connectivity index (χ3v) is 0. The maximum Gasteiger partial charge on any atom is 5.00 e. The monoisotopic (exact) mass is 268 g/mol. The van der Waals surface area contributed by atoms with E-state index in [-0.39, 0.29) is 90.2 Å². The first-order valence-corrected chi connectivity index (χ1v) is 0. The van der Waals surface area contributed by atoms with E-state index in [1.54, 1.807) is 0 Å². The predicted octanol–water partition coefficient (Wildman–Crippen LogP) is -3.35. The van der Waals surface area contributed by atoms with Crippen LogP contribution in [-0.4, -0.2) is 0 Å².